The van der Waals surface area contributed by atoms with Gasteiger partial charge in [-0.3, -0.25) is 4.79 Å². The molecule has 20 heavy (non-hydrogen) atoms. The highest BCUT2D eigenvalue weighted by Gasteiger charge is 2.30. The first-order valence-electron chi connectivity index (χ1n) is 6.85. The second-order valence-electron chi connectivity index (χ2n) is 5.31. The summed E-state index contributed by atoms with van der Waals surface area (Å²) in [5, 5.41) is 13.6. The summed E-state index contributed by atoms with van der Waals surface area (Å²) < 4.78 is 1.68. The summed E-state index contributed by atoms with van der Waals surface area (Å²) in [6.45, 7) is 4.54. The Morgan fingerprint density at radius 2 is 2.30 bits per heavy atom. The molecule has 3 heterocycles. The molecule has 0 aromatic carbocycles. The second kappa shape index (κ2) is 4.86. The van der Waals surface area contributed by atoms with Crippen molar-refractivity contribution in [3.05, 3.63) is 29.2 Å². The molecule has 1 fully saturated rings. The summed E-state index contributed by atoms with van der Waals surface area (Å²) in [5.74, 6) is -0.0888. The number of nitrogens with zero attached hydrogens (tertiary/aromatic N) is 4. The van der Waals surface area contributed by atoms with Crippen molar-refractivity contribution in [1.82, 2.24) is 19.5 Å². The molecule has 6 nitrogen and oxygen atoms in total. The molecule has 1 N–H and O–H groups in total. The van der Waals surface area contributed by atoms with Crippen LogP contribution in [0.4, 0.5) is 0 Å². The first-order chi connectivity index (χ1) is 9.61. The van der Waals surface area contributed by atoms with E-state index in [1.807, 2.05) is 19.9 Å². The zero-order valence-electron chi connectivity index (χ0n) is 11.7. The lowest BCUT2D eigenvalue weighted by Gasteiger charge is -2.22. The number of carbonyl (C=O) groups is 1. The monoisotopic (exact) mass is 274 g/mol. The third-order valence-electron chi connectivity index (χ3n) is 3.86. The van der Waals surface area contributed by atoms with Crippen molar-refractivity contribution in [3.63, 3.8) is 0 Å². The molecule has 0 bridgehead atoms. The first-order valence-corrected chi connectivity index (χ1v) is 6.85. The van der Waals surface area contributed by atoms with E-state index >= 15 is 0 Å². The fourth-order valence-corrected chi connectivity index (χ4v) is 2.87. The molecule has 0 saturated carbocycles. The van der Waals surface area contributed by atoms with E-state index in [0.29, 0.717) is 17.8 Å². The Balaban J connectivity index is 2.04. The zero-order chi connectivity index (χ0) is 14.3. The van der Waals surface area contributed by atoms with Crippen molar-refractivity contribution in [2.24, 2.45) is 0 Å². The van der Waals surface area contributed by atoms with E-state index in [0.717, 1.165) is 24.2 Å². The van der Waals surface area contributed by atoms with Crippen LogP contribution < -0.4 is 0 Å². The lowest BCUT2D eigenvalue weighted by atomic mass is 10.2. The highest BCUT2D eigenvalue weighted by atomic mass is 16.3. The number of aromatic nitrogens is 3. The normalized spacial score (nSPS) is 18.9. The molecule has 0 aliphatic carbocycles. The van der Waals surface area contributed by atoms with Gasteiger partial charge >= 0.3 is 0 Å². The maximum absolute atomic E-state index is 12.6. The van der Waals surface area contributed by atoms with Gasteiger partial charge in [0.05, 0.1) is 18.8 Å². The number of aliphatic hydroxyl groups excluding tert-OH is 1. The molecule has 106 valence electrons. The molecule has 1 atom stereocenters. The molecule has 2 aromatic heterocycles. The van der Waals surface area contributed by atoms with Crippen LogP contribution in [0.2, 0.25) is 0 Å². The van der Waals surface area contributed by atoms with Crippen LogP contribution in [0.15, 0.2) is 12.3 Å². The second-order valence-corrected chi connectivity index (χ2v) is 5.31. The lowest BCUT2D eigenvalue weighted by Crippen LogP contribution is -2.37. The van der Waals surface area contributed by atoms with Gasteiger partial charge < -0.3 is 10.0 Å². The maximum atomic E-state index is 12.6. The minimum absolute atomic E-state index is 0.0104. The van der Waals surface area contributed by atoms with E-state index in [1.165, 1.54) is 0 Å². The number of fused-ring (bicyclic) bond motifs is 1. The summed E-state index contributed by atoms with van der Waals surface area (Å²) in [6, 6.07) is 1.85. The number of likely N-dealkylation sites (tertiary alicyclic amines) is 1. The fraction of sp³-hybridized carbons (Fsp3) is 0.500. The molecule has 0 spiro atoms. The van der Waals surface area contributed by atoms with Gasteiger partial charge in [-0.15, -0.1) is 0 Å². The number of amides is 1. The summed E-state index contributed by atoms with van der Waals surface area (Å²) in [5.41, 5.74) is 2.92. The zero-order valence-corrected chi connectivity index (χ0v) is 11.7. The minimum Gasteiger partial charge on any atom is -0.394 e. The summed E-state index contributed by atoms with van der Waals surface area (Å²) in [6.07, 6.45) is 3.36. The van der Waals surface area contributed by atoms with Gasteiger partial charge in [0.25, 0.3) is 5.91 Å². The van der Waals surface area contributed by atoms with Crippen LogP contribution in [0.1, 0.15) is 34.6 Å². The maximum Gasteiger partial charge on any atom is 0.259 e. The molecule has 1 amide bonds. The Hall–Kier alpha value is -1.95. The van der Waals surface area contributed by atoms with E-state index in [2.05, 4.69) is 10.1 Å². The summed E-state index contributed by atoms with van der Waals surface area (Å²) in [7, 11) is 0. The number of rotatable bonds is 2. The van der Waals surface area contributed by atoms with Gasteiger partial charge in [-0.25, -0.2) is 9.50 Å². The molecule has 1 saturated heterocycles. The molecular formula is C14H18N4O2. The van der Waals surface area contributed by atoms with Crippen molar-refractivity contribution < 1.29 is 9.90 Å². The average Bonchev–Trinajstić information content (AvgIpc) is 3.03. The Kier molecular flexibility index (Phi) is 3.17. The van der Waals surface area contributed by atoms with Crippen molar-refractivity contribution in [2.45, 2.75) is 32.7 Å². The van der Waals surface area contributed by atoms with E-state index in [1.54, 1.807) is 15.6 Å². The topological polar surface area (TPSA) is 70.7 Å². The summed E-state index contributed by atoms with van der Waals surface area (Å²) in [4.78, 5) is 18.8. The Labute approximate surface area is 117 Å². The Morgan fingerprint density at radius 3 is 3.05 bits per heavy atom. The van der Waals surface area contributed by atoms with Gasteiger partial charge in [0.15, 0.2) is 5.65 Å². The van der Waals surface area contributed by atoms with Gasteiger partial charge in [-0.05, 0) is 32.8 Å². The van der Waals surface area contributed by atoms with Crippen LogP contribution in [0.5, 0.6) is 0 Å². The molecule has 1 aliphatic rings. The van der Waals surface area contributed by atoms with Crippen LogP contribution in [-0.4, -0.2) is 49.7 Å². The van der Waals surface area contributed by atoms with Gasteiger partial charge in [-0.2, -0.15) is 5.10 Å². The number of aryl methyl sites for hydroxylation is 2. The number of aliphatic hydroxyl groups is 1. The van der Waals surface area contributed by atoms with Gasteiger partial charge in [0.2, 0.25) is 0 Å². The third kappa shape index (κ3) is 1.96. The van der Waals surface area contributed by atoms with E-state index in [4.69, 9.17) is 0 Å². The third-order valence-corrected chi connectivity index (χ3v) is 3.86. The molecule has 1 aliphatic heterocycles. The quantitative estimate of drug-likeness (QED) is 0.885. The van der Waals surface area contributed by atoms with Gasteiger partial charge in [-0.1, -0.05) is 0 Å². The predicted molar refractivity (Wildman–Crippen MR) is 73.6 cm³/mol. The SMILES string of the molecule is Cc1cc(C)n2ncc(C(=O)N3CCC[C@H]3CO)c2n1. The standard InChI is InChI=1S/C14H18N4O2/c1-9-6-10(2)18-13(16-9)12(7-15-18)14(20)17-5-3-4-11(17)8-19/h6-7,11,19H,3-5,8H2,1-2H3/t11-/m0/s1. The molecule has 0 radical (unpaired) electrons. The number of hydrogen-bond acceptors (Lipinski definition) is 4. The van der Waals surface area contributed by atoms with Crippen LogP contribution >= 0.6 is 0 Å². The minimum atomic E-state index is -0.0888. The molecular weight excluding hydrogens is 256 g/mol. The van der Waals surface area contributed by atoms with Crippen molar-refractivity contribution in [3.8, 4) is 0 Å². The van der Waals surface area contributed by atoms with Crippen LogP contribution in [0, 0.1) is 13.8 Å². The van der Waals surface area contributed by atoms with E-state index in [9.17, 15) is 9.90 Å². The molecule has 3 rings (SSSR count). The molecule has 0 unspecified atom stereocenters. The van der Waals surface area contributed by atoms with Gasteiger partial charge in [0.1, 0.15) is 5.56 Å². The van der Waals surface area contributed by atoms with Crippen LogP contribution in [-0.2, 0) is 0 Å². The highest BCUT2D eigenvalue weighted by Crippen LogP contribution is 2.21. The fourth-order valence-electron chi connectivity index (χ4n) is 2.87. The number of carbonyl (C=O) groups excluding carboxylic acids is 1. The van der Waals surface area contributed by atoms with E-state index in [-0.39, 0.29) is 18.6 Å². The first kappa shape index (κ1) is 13.1. The van der Waals surface area contributed by atoms with Crippen LogP contribution in [0.3, 0.4) is 0 Å². The average molecular weight is 274 g/mol. The lowest BCUT2D eigenvalue weighted by molar-refractivity contribution is 0.0679. The molecule has 6 heteroatoms. The highest BCUT2D eigenvalue weighted by molar-refractivity contribution is 6.00. The summed E-state index contributed by atoms with van der Waals surface area (Å²) >= 11 is 0. The molecule has 2 aromatic rings. The van der Waals surface area contributed by atoms with Crippen molar-refractivity contribution >= 4 is 11.6 Å². The largest absolute Gasteiger partial charge is 0.394 e. The smallest absolute Gasteiger partial charge is 0.259 e. The van der Waals surface area contributed by atoms with Crippen LogP contribution in [0.25, 0.3) is 5.65 Å². The van der Waals surface area contributed by atoms with Gasteiger partial charge in [0, 0.05) is 17.9 Å². The predicted octanol–water partition coefficient (Wildman–Crippen LogP) is 0.943. The Bertz CT molecular complexity index is 664. The van der Waals surface area contributed by atoms with Crippen molar-refractivity contribution in [2.75, 3.05) is 13.2 Å². The van der Waals surface area contributed by atoms with Crippen molar-refractivity contribution in [1.29, 1.82) is 0 Å². The Morgan fingerprint density at radius 1 is 1.50 bits per heavy atom. The number of hydrogen-bond donors (Lipinski definition) is 1. The van der Waals surface area contributed by atoms with E-state index < -0.39 is 0 Å².